The van der Waals surface area contributed by atoms with Gasteiger partial charge in [-0.05, 0) is 12.5 Å². The van der Waals surface area contributed by atoms with E-state index in [9.17, 15) is 13.2 Å². The van der Waals surface area contributed by atoms with Gasteiger partial charge in [-0.15, -0.1) is 0 Å². The fourth-order valence-electron chi connectivity index (χ4n) is 2.46. The Balaban J connectivity index is 0.000000370. The molecule has 0 amide bonds. The number of hydrogen-bond acceptors (Lipinski definition) is 6. The molecule has 12 heteroatoms. The van der Waals surface area contributed by atoms with Crippen molar-refractivity contribution in [3.8, 4) is 11.3 Å². The van der Waals surface area contributed by atoms with Gasteiger partial charge in [-0.3, -0.25) is 4.68 Å². The number of hydrogen-bond donors (Lipinski definition) is 2. The minimum atomic E-state index is -5.08. The number of nitrogens with zero attached hydrogens (tertiary/aromatic N) is 5. The van der Waals surface area contributed by atoms with Crippen LogP contribution >= 0.6 is 0 Å². The summed E-state index contributed by atoms with van der Waals surface area (Å²) in [5, 5.41) is 16.4. The van der Waals surface area contributed by atoms with Crippen LogP contribution in [0.1, 0.15) is 25.8 Å². The van der Waals surface area contributed by atoms with E-state index in [1.807, 2.05) is 29.3 Å². The van der Waals surface area contributed by atoms with Crippen molar-refractivity contribution < 1.29 is 27.9 Å². The first-order valence-corrected chi connectivity index (χ1v) is 8.45. The summed E-state index contributed by atoms with van der Waals surface area (Å²) in [5.41, 5.74) is 2.70. The van der Waals surface area contributed by atoms with Gasteiger partial charge in [0.1, 0.15) is 19.1 Å². The van der Waals surface area contributed by atoms with Gasteiger partial charge < -0.3 is 14.9 Å². The van der Waals surface area contributed by atoms with Crippen molar-refractivity contribution in [3.05, 3.63) is 31.0 Å². The molecule has 1 unspecified atom stereocenters. The summed E-state index contributed by atoms with van der Waals surface area (Å²) in [4.78, 5) is 25.3. The Morgan fingerprint density at radius 3 is 2.79 bits per heavy atom. The van der Waals surface area contributed by atoms with Gasteiger partial charge in [0.2, 0.25) is 0 Å². The number of aromatic nitrogens is 5. The van der Waals surface area contributed by atoms with Gasteiger partial charge >= 0.3 is 12.1 Å². The fourth-order valence-corrected chi connectivity index (χ4v) is 2.46. The van der Waals surface area contributed by atoms with Crippen molar-refractivity contribution in [2.45, 2.75) is 32.0 Å². The standard InChI is InChI=1S/C15H18N6O.C2HF3O2/c1-3-12(4-7-20-22-2)21-9-11(8-19-21)14-13-5-6-16-15(13)18-10-17-14;3-2(4,5)1(6)7/h5-10,12H,3-4H2,1-2H3,(H,16,17,18);(H,6,7). The van der Waals surface area contributed by atoms with Crippen molar-refractivity contribution in [2.24, 2.45) is 5.16 Å². The van der Waals surface area contributed by atoms with Gasteiger partial charge in [0.05, 0.1) is 17.9 Å². The summed E-state index contributed by atoms with van der Waals surface area (Å²) in [6.07, 6.45) is 5.70. The maximum atomic E-state index is 10.6. The molecule has 0 aliphatic carbocycles. The quantitative estimate of drug-likeness (QED) is 0.473. The topological polar surface area (TPSA) is 118 Å². The number of fused-ring (bicyclic) bond motifs is 1. The molecule has 0 radical (unpaired) electrons. The van der Waals surface area contributed by atoms with Crippen molar-refractivity contribution in [1.29, 1.82) is 0 Å². The second kappa shape index (κ2) is 9.66. The first-order chi connectivity index (χ1) is 13.8. The lowest BCUT2D eigenvalue weighted by Gasteiger charge is -2.12. The third kappa shape index (κ3) is 5.77. The van der Waals surface area contributed by atoms with Crippen LogP contribution in [0.3, 0.4) is 0 Å². The Labute approximate surface area is 163 Å². The highest BCUT2D eigenvalue weighted by molar-refractivity contribution is 5.89. The summed E-state index contributed by atoms with van der Waals surface area (Å²) >= 11 is 0. The molecular formula is C17H19F3N6O3. The average Bonchev–Trinajstić information content (AvgIpc) is 3.34. The molecule has 3 rings (SSSR count). The van der Waals surface area contributed by atoms with E-state index in [2.05, 4.69) is 32.1 Å². The highest BCUT2D eigenvalue weighted by atomic mass is 19.4. The Morgan fingerprint density at radius 2 is 2.17 bits per heavy atom. The van der Waals surface area contributed by atoms with Crippen LogP contribution in [-0.2, 0) is 9.63 Å². The molecule has 3 aromatic heterocycles. The van der Waals surface area contributed by atoms with Crippen LogP contribution in [0.2, 0.25) is 0 Å². The van der Waals surface area contributed by atoms with Crippen LogP contribution in [0.25, 0.3) is 22.3 Å². The number of halogens is 3. The molecule has 0 fully saturated rings. The molecule has 0 bridgehead atoms. The summed E-state index contributed by atoms with van der Waals surface area (Å²) in [6, 6.07) is 2.22. The lowest BCUT2D eigenvalue weighted by atomic mass is 10.1. The van der Waals surface area contributed by atoms with Crippen LogP contribution in [-0.4, -0.2) is 55.3 Å². The number of aromatic amines is 1. The largest absolute Gasteiger partial charge is 0.490 e. The Morgan fingerprint density at radius 1 is 1.45 bits per heavy atom. The van der Waals surface area contributed by atoms with Crippen LogP contribution in [0.15, 0.2) is 36.1 Å². The number of nitrogens with one attached hydrogen (secondary N) is 1. The van der Waals surface area contributed by atoms with Crippen LogP contribution in [0, 0.1) is 0 Å². The second-order valence-corrected chi connectivity index (χ2v) is 5.74. The number of carbonyl (C=O) groups is 1. The van der Waals surface area contributed by atoms with Crippen molar-refractivity contribution in [2.75, 3.05) is 7.11 Å². The number of H-pyrrole nitrogens is 1. The normalized spacial score (nSPS) is 12.6. The number of carboxylic acids is 1. The zero-order valence-corrected chi connectivity index (χ0v) is 15.6. The Kier molecular flexibility index (Phi) is 7.28. The second-order valence-electron chi connectivity index (χ2n) is 5.74. The van der Waals surface area contributed by atoms with Crippen molar-refractivity contribution >= 4 is 23.2 Å². The lowest BCUT2D eigenvalue weighted by molar-refractivity contribution is -0.192. The van der Waals surface area contributed by atoms with E-state index in [1.165, 1.54) is 0 Å². The monoisotopic (exact) mass is 412 g/mol. The molecule has 0 aliphatic heterocycles. The molecule has 0 aromatic carbocycles. The van der Waals surface area contributed by atoms with E-state index in [4.69, 9.17) is 14.7 Å². The third-order valence-electron chi connectivity index (χ3n) is 3.87. The number of rotatable bonds is 6. The molecule has 0 saturated heterocycles. The first-order valence-electron chi connectivity index (χ1n) is 8.45. The zero-order valence-electron chi connectivity index (χ0n) is 15.6. The maximum absolute atomic E-state index is 10.6. The zero-order chi connectivity index (χ0) is 21.4. The molecule has 2 N–H and O–H groups in total. The van der Waals surface area contributed by atoms with Crippen LogP contribution in [0.5, 0.6) is 0 Å². The molecule has 156 valence electrons. The van der Waals surface area contributed by atoms with Crippen LogP contribution < -0.4 is 0 Å². The predicted molar refractivity (Wildman–Crippen MR) is 98.2 cm³/mol. The molecule has 0 saturated carbocycles. The molecule has 0 aliphatic rings. The van der Waals surface area contributed by atoms with E-state index in [-0.39, 0.29) is 6.04 Å². The summed E-state index contributed by atoms with van der Waals surface area (Å²) in [5.74, 6) is -2.76. The molecular weight excluding hydrogens is 393 g/mol. The third-order valence-corrected chi connectivity index (χ3v) is 3.87. The smallest absolute Gasteiger partial charge is 0.475 e. The number of aliphatic carboxylic acids is 1. The molecule has 0 spiro atoms. The van der Waals surface area contributed by atoms with Gasteiger partial charge in [-0.1, -0.05) is 12.1 Å². The van der Waals surface area contributed by atoms with E-state index in [0.29, 0.717) is 0 Å². The fraction of sp³-hybridized carbons (Fsp3) is 0.353. The van der Waals surface area contributed by atoms with Crippen LogP contribution in [0.4, 0.5) is 13.2 Å². The van der Waals surface area contributed by atoms with E-state index in [1.54, 1.807) is 19.7 Å². The first kappa shape index (κ1) is 21.9. The summed E-state index contributed by atoms with van der Waals surface area (Å²) < 4.78 is 33.7. The number of carboxylic acid groups (broad SMARTS) is 1. The maximum Gasteiger partial charge on any atom is 0.490 e. The average molecular weight is 412 g/mol. The minimum Gasteiger partial charge on any atom is -0.475 e. The minimum absolute atomic E-state index is 0.246. The van der Waals surface area contributed by atoms with E-state index in [0.717, 1.165) is 35.1 Å². The Bertz CT molecular complexity index is 967. The van der Waals surface area contributed by atoms with Gasteiger partial charge in [0, 0.05) is 36.0 Å². The van der Waals surface area contributed by atoms with Gasteiger partial charge in [-0.2, -0.15) is 18.3 Å². The highest BCUT2D eigenvalue weighted by Gasteiger charge is 2.38. The molecule has 29 heavy (non-hydrogen) atoms. The van der Waals surface area contributed by atoms with E-state index < -0.39 is 12.1 Å². The number of alkyl halides is 3. The van der Waals surface area contributed by atoms with Crippen molar-refractivity contribution in [1.82, 2.24) is 24.7 Å². The van der Waals surface area contributed by atoms with E-state index >= 15 is 0 Å². The molecule has 3 heterocycles. The predicted octanol–water partition coefficient (Wildman–Crippen LogP) is 3.43. The van der Waals surface area contributed by atoms with Crippen molar-refractivity contribution in [3.63, 3.8) is 0 Å². The highest BCUT2D eigenvalue weighted by Crippen LogP contribution is 2.25. The number of oxime groups is 1. The Hall–Kier alpha value is -3.44. The van der Waals surface area contributed by atoms with Gasteiger partial charge in [0.15, 0.2) is 0 Å². The summed E-state index contributed by atoms with van der Waals surface area (Å²) in [7, 11) is 1.54. The van der Waals surface area contributed by atoms with Gasteiger partial charge in [0.25, 0.3) is 0 Å². The molecule has 3 aromatic rings. The SMILES string of the molecule is CCC(CC=NOC)n1cc(-c2ncnc3[nH]ccc23)cn1.O=C(O)C(F)(F)F. The molecule has 9 nitrogen and oxygen atoms in total. The molecule has 1 atom stereocenters. The summed E-state index contributed by atoms with van der Waals surface area (Å²) in [6.45, 7) is 2.13. The lowest BCUT2D eigenvalue weighted by Crippen LogP contribution is -2.21. The van der Waals surface area contributed by atoms with Gasteiger partial charge in [-0.25, -0.2) is 14.8 Å².